The maximum absolute atomic E-state index is 11.2. The van der Waals surface area contributed by atoms with Crippen molar-refractivity contribution in [3.63, 3.8) is 0 Å². The molecule has 1 unspecified atom stereocenters. The molecular formula is C23H27NO2. The van der Waals surface area contributed by atoms with Crippen molar-refractivity contribution in [2.24, 2.45) is 5.92 Å². The van der Waals surface area contributed by atoms with Crippen LogP contribution in [-0.2, 0) is 4.79 Å². The van der Waals surface area contributed by atoms with Gasteiger partial charge in [-0.05, 0) is 49.4 Å². The first kappa shape index (κ1) is 18.4. The Morgan fingerprint density at radius 1 is 1.12 bits per heavy atom. The zero-order valence-electron chi connectivity index (χ0n) is 15.4. The van der Waals surface area contributed by atoms with Crippen LogP contribution in [0, 0.1) is 12.8 Å². The van der Waals surface area contributed by atoms with Gasteiger partial charge < -0.3 is 10.0 Å². The monoisotopic (exact) mass is 349 g/mol. The number of benzene rings is 2. The van der Waals surface area contributed by atoms with E-state index in [1.165, 1.54) is 22.3 Å². The number of hydrogen-bond acceptors (Lipinski definition) is 2. The lowest BCUT2D eigenvalue weighted by Gasteiger charge is -2.30. The number of carboxylic acids is 1. The van der Waals surface area contributed by atoms with Gasteiger partial charge in [0.05, 0.1) is 5.92 Å². The number of piperidine rings is 1. The molecule has 0 aliphatic carbocycles. The van der Waals surface area contributed by atoms with Crippen molar-refractivity contribution < 1.29 is 9.90 Å². The Labute approximate surface area is 156 Å². The first-order valence-electron chi connectivity index (χ1n) is 9.41. The molecule has 0 bridgehead atoms. The Kier molecular flexibility index (Phi) is 6.24. The molecule has 3 rings (SSSR count). The summed E-state index contributed by atoms with van der Waals surface area (Å²) in [5.41, 5.74) is 4.95. The van der Waals surface area contributed by atoms with Crippen molar-refractivity contribution >= 4 is 11.5 Å². The molecule has 1 heterocycles. The molecule has 0 aromatic heterocycles. The van der Waals surface area contributed by atoms with E-state index in [1.807, 2.05) is 6.07 Å². The zero-order valence-corrected chi connectivity index (χ0v) is 15.4. The Balaban J connectivity index is 1.73. The van der Waals surface area contributed by atoms with E-state index in [0.717, 1.165) is 32.4 Å². The lowest BCUT2D eigenvalue weighted by molar-refractivity contribution is -0.143. The molecule has 1 N–H and O–H groups in total. The molecule has 3 heteroatoms. The smallest absolute Gasteiger partial charge is 0.307 e. The van der Waals surface area contributed by atoms with Gasteiger partial charge in [0.15, 0.2) is 0 Å². The largest absolute Gasteiger partial charge is 0.481 e. The average Bonchev–Trinajstić information content (AvgIpc) is 2.67. The highest BCUT2D eigenvalue weighted by Gasteiger charge is 2.24. The molecule has 1 atom stereocenters. The summed E-state index contributed by atoms with van der Waals surface area (Å²) in [7, 11) is 0. The van der Waals surface area contributed by atoms with Crippen LogP contribution >= 0.6 is 0 Å². The van der Waals surface area contributed by atoms with Gasteiger partial charge in [0.25, 0.3) is 0 Å². The fraction of sp³-hybridized carbons (Fsp3) is 0.348. The Morgan fingerprint density at radius 3 is 2.50 bits per heavy atom. The van der Waals surface area contributed by atoms with Gasteiger partial charge in [0.2, 0.25) is 0 Å². The van der Waals surface area contributed by atoms with Crippen LogP contribution in [0.25, 0.3) is 5.57 Å². The third-order valence-corrected chi connectivity index (χ3v) is 5.10. The first-order chi connectivity index (χ1) is 12.6. The second-order valence-corrected chi connectivity index (χ2v) is 7.12. The molecule has 0 spiro atoms. The Morgan fingerprint density at radius 2 is 1.81 bits per heavy atom. The zero-order chi connectivity index (χ0) is 18.4. The molecular weight excluding hydrogens is 322 g/mol. The molecule has 0 saturated carbocycles. The number of rotatable bonds is 6. The van der Waals surface area contributed by atoms with Gasteiger partial charge in [0.1, 0.15) is 0 Å². The van der Waals surface area contributed by atoms with Crippen LogP contribution in [0.4, 0.5) is 0 Å². The Bertz CT molecular complexity index is 750. The Hall–Kier alpha value is -2.39. The lowest BCUT2D eigenvalue weighted by Crippen LogP contribution is -2.39. The van der Waals surface area contributed by atoms with Crippen molar-refractivity contribution in [2.45, 2.75) is 26.2 Å². The molecule has 26 heavy (non-hydrogen) atoms. The molecule has 2 aromatic carbocycles. The highest BCUT2D eigenvalue weighted by Crippen LogP contribution is 2.25. The number of aryl methyl sites for hydroxylation is 1. The van der Waals surface area contributed by atoms with Crippen LogP contribution < -0.4 is 0 Å². The number of likely N-dealkylation sites (tertiary alicyclic amines) is 1. The summed E-state index contributed by atoms with van der Waals surface area (Å²) < 4.78 is 0. The highest BCUT2D eigenvalue weighted by atomic mass is 16.4. The van der Waals surface area contributed by atoms with Crippen molar-refractivity contribution in [2.75, 3.05) is 19.6 Å². The minimum absolute atomic E-state index is 0.210. The van der Waals surface area contributed by atoms with E-state index in [2.05, 4.69) is 66.4 Å². The minimum Gasteiger partial charge on any atom is -0.481 e. The maximum Gasteiger partial charge on any atom is 0.307 e. The van der Waals surface area contributed by atoms with Crippen molar-refractivity contribution in [3.05, 3.63) is 77.4 Å². The van der Waals surface area contributed by atoms with E-state index in [-0.39, 0.29) is 5.92 Å². The van der Waals surface area contributed by atoms with E-state index in [4.69, 9.17) is 0 Å². The molecule has 1 fully saturated rings. The van der Waals surface area contributed by atoms with E-state index in [0.29, 0.717) is 6.54 Å². The number of aliphatic carboxylic acids is 1. The summed E-state index contributed by atoms with van der Waals surface area (Å²) >= 11 is 0. The topological polar surface area (TPSA) is 40.5 Å². The molecule has 136 valence electrons. The SMILES string of the molecule is Cc1ccc(/C(=C/CCN2CCCC(C(=O)O)C2)c2ccccc2)cc1. The summed E-state index contributed by atoms with van der Waals surface area (Å²) in [6.45, 7) is 4.69. The molecule has 1 aliphatic rings. The predicted octanol–water partition coefficient (Wildman–Crippen LogP) is 4.61. The van der Waals surface area contributed by atoms with Gasteiger partial charge in [-0.2, -0.15) is 0 Å². The van der Waals surface area contributed by atoms with Crippen LogP contribution in [-0.4, -0.2) is 35.6 Å². The van der Waals surface area contributed by atoms with Gasteiger partial charge in [-0.25, -0.2) is 0 Å². The number of hydrogen-bond donors (Lipinski definition) is 1. The van der Waals surface area contributed by atoms with E-state index < -0.39 is 5.97 Å². The minimum atomic E-state index is -0.658. The van der Waals surface area contributed by atoms with Gasteiger partial charge >= 0.3 is 5.97 Å². The van der Waals surface area contributed by atoms with Gasteiger partial charge in [-0.3, -0.25) is 4.79 Å². The second kappa shape index (κ2) is 8.81. The summed E-state index contributed by atoms with van der Waals surface area (Å²) in [5.74, 6) is -0.867. The van der Waals surface area contributed by atoms with E-state index in [1.54, 1.807) is 0 Å². The number of nitrogens with zero attached hydrogens (tertiary/aromatic N) is 1. The van der Waals surface area contributed by atoms with E-state index in [9.17, 15) is 9.90 Å². The van der Waals surface area contributed by atoms with Crippen molar-refractivity contribution in [3.8, 4) is 0 Å². The van der Waals surface area contributed by atoms with Crippen LogP contribution in [0.15, 0.2) is 60.7 Å². The molecule has 2 aromatic rings. The quantitative estimate of drug-likeness (QED) is 0.828. The molecule has 0 radical (unpaired) electrons. The number of carbonyl (C=O) groups is 1. The van der Waals surface area contributed by atoms with Gasteiger partial charge in [0, 0.05) is 13.1 Å². The van der Waals surface area contributed by atoms with Crippen LogP contribution in [0.1, 0.15) is 36.0 Å². The van der Waals surface area contributed by atoms with Crippen LogP contribution in [0.5, 0.6) is 0 Å². The summed E-state index contributed by atoms with van der Waals surface area (Å²) in [6, 6.07) is 19.1. The third-order valence-electron chi connectivity index (χ3n) is 5.10. The summed E-state index contributed by atoms with van der Waals surface area (Å²) in [6.07, 6.45) is 5.00. The normalized spacial score (nSPS) is 18.7. The van der Waals surface area contributed by atoms with Crippen molar-refractivity contribution in [1.82, 2.24) is 4.90 Å². The molecule has 1 saturated heterocycles. The van der Waals surface area contributed by atoms with E-state index >= 15 is 0 Å². The maximum atomic E-state index is 11.2. The summed E-state index contributed by atoms with van der Waals surface area (Å²) in [5, 5.41) is 9.25. The average molecular weight is 349 g/mol. The fourth-order valence-corrected chi connectivity index (χ4v) is 3.60. The molecule has 0 amide bonds. The van der Waals surface area contributed by atoms with Gasteiger partial charge in [-0.1, -0.05) is 66.2 Å². The standard InChI is InChI=1S/C23H27NO2/c1-18-11-13-20(14-12-18)22(19-7-3-2-4-8-19)10-6-16-24-15-5-9-21(17-24)23(25)26/h2-4,7-8,10-14,21H,5-6,9,15-17H2,1H3,(H,25,26)/b22-10+. The van der Waals surface area contributed by atoms with Crippen LogP contribution in [0.3, 0.4) is 0 Å². The predicted molar refractivity (Wildman–Crippen MR) is 106 cm³/mol. The molecule has 3 nitrogen and oxygen atoms in total. The summed E-state index contributed by atoms with van der Waals surface area (Å²) in [4.78, 5) is 13.5. The fourth-order valence-electron chi connectivity index (χ4n) is 3.60. The second-order valence-electron chi connectivity index (χ2n) is 7.12. The van der Waals surface area contributed by atoms with Gasteiger partial charge in [-0.15, -0.1) is 0 Å². The highest BCUT2D eigenvalue weighted by molar-refractivity contribution is 5.79. The number of carboxylic acid groups (broad SMARTS) is 1. The van der Waals surface area contributed by atoms with Crippen LogP contribution in [0.2, 0.25) is 0 Å². The first-order valence-corrected chi connectivity index (χ1v) is 9.41. The third kappa shape index (κ3) is 4.83. The van der Waals surface area contributed by atoms with Crippen molar-refractivity contribution in [1.29, 1.82) is 0 Å². The lowest BCUT2D eigenvalue weighted by atomic mass is 9.95. The molecule has 1 aliphatic heterocycles.